The van der Waals surface area contributed by atoms with Gasteiger partial charge in [0, 0.05) is 34.4 Å². The van der Waals surface area contributed by atoms with Crippen molar-refractivity contribution in [1.29, 1.82) is 0 Å². The number of thioether (sulfide) groups is 1. The number of amides is 2. The molecule has 0 radical (unpaired) electrons. The van der Waals surface area contributed by atoms with Gasteiger partial charge in [0.05, 0.1) is 18.8 Å². The predicted octanol–water partition coefficient (Wildman–Crippen LogP) is 5.90. The fraction of sp³-hybridized carbons (Fsp3) is 0.321. The minimum Gasteiger partial charge on any atom is -0.392 e. The van der Waals surface area contributed by atoms with Crippen LogP contribution in [0.25, 0.3) is 0 Å². The van der Waals surface area contributed by atoms with Crippen LogP contribution in [0.5, 0.6) is 0 Å². The third-order valence-electron chi connectivity index (χ3n) is 6.03. The van der Waals surface area contributed by atoms with Crippen LogP contribution >= 0.6 is 11.8 Å². The number of nitrogens with one attached hydrogen (secondary N) is 2. The minimum atomic E-state index is -0.578. The van der Waals surface area contributed by atoms with Crippen LogP contribution in [0, 0.1) is 5.92 Å². The number of hydrogen-bond donors (Lipinski definition) is 3. The summed E-state index contributed by atoms with van der Waals surface area (Å²) in [5, 5.41) is 15.0. The second-order valence-electron chi connectivity index (χ2n) is 8.56. The van der Waals surface area contributed by atoms with Crippen LogP contribution in [0.3, 0.4) is 0 Å². The highest BCUT2D eigenvalue weighted by atomic mass is 32.2. The normalized spacial score (nSPS) is 21.9. The molecular formula is C28H32N2O4S. The maximum absolute atomic E-state index is 12.0. The van der Waals surface area contributed by atoms with Crippen LogP contribution in [0.1, 0.15) is 42.9 Å². The summed E-state index contributed by atoms with van der Waals surface area (Å²) in [5.74, 6) is 0.895. The van der Waals surface area contributed by atoms with Gasteiger partial charge in [-0.2, -0.15) is 0 Å². The molecule has 35 heavy (non-hydrogen) atoms. The van der Waals surface area contributed by atoms with Crippen molar-refractivity contribution in [1.82, 2.24) is 5.32 Å². The standard InChI is InChI=1S/C28H32N2O4S/c1-3-29-28(32)30-23-9-7-8-22(16-23)27-33-25(18-35-24-10-5-4-6-11-24)19(2)26(34-27)21-14-12-20(17-31)13-15-21/h4-16,19,25-27,31H,3,17-18H2,1-2H3,(H2,29,30,32)/t19-,25+,26+,27+/m0/s1. The predicted molar refractivity (Wildman–Crippen MR) is 139 cm³/mol. The summed E-state index contributed by atoms with van der Waals surface area (Å²) in [6.45, 7) is 4.59. The highest BCUT2D eigenvalue weighted by molar-refractivity contribution is 7.99. The lowest BCUT2D eigenvalue weighted by Crippen LogP contribution is -2.38. The molecule has 1 fully saturated rings. The molecule has 7 heteroatoms. The minimum absolute atomic E-state index is 0.00876. The molecule has 1 heterocycles. The summed E-state index contributed by atoms with van der Waals surface area (Å²) in [5.41, 5.74) is 3.44. The first-order valence-corrected chi connectivity index (χ1v) is 12.9. The van der Waals surface area contributed by atoms with Crippen LogP contribution in [-0.2, 0) is 16.1 Å². The zero-order valence-corrected chi connectivity index (χ0v) is 20.8. The molecule has 184 valence electrons. The molecule has 4 rings (SSSR count). The van der Waals surface area contributed by atoms with Crippen LogP contribution in [0.4, 0.5) is 10.5 Å². The van der Waals surface area contributed by atoms with Gasteiger partial charge >= 0.3 is 6.03 Å². The Kier molecular flexibility index (Phi) is 8.82. The van der Waals surface area contributed by atoms with Crippen molar-refractivity contribution in [2.24, 2.45) is 5.92 Å². The number of hydrogen-bond acceptors (Lipinski definition) is 5. The van der Waals surface area contributed by atoms with Crippen molar-refractivity contribution in [2.45, 2.75) is 43.8 Å². The SMILES string of the molecule is CCNC(=O)Nc1cccc([C@@H]2O[C@H](CSc3ccccc3)[C@H](C)[C@H](c3ccc(CO)cc3)O2)c1. The van der Waals surface area contributed by atoms with Crippen molar-refractivity contribution in [3.63, 3.8) is 0 Å². The molecule has 1 saturated heterocycles. The highest BCUT2D eigenvalue weighted by Crippen LogP contribution is 2.43. The fourth-order valence-corrected chi connectivity index (χ4v) is 5.19. The number of rotatable bonds is 8. The lowest BCUT2D eigenvalue weighted by molar-refractivity contribution is -0.268. The number of urea groups is 1. The van der Waals surface area contributed by atoms with E-state index in [1.807, 2.05) is 73.7 Å². The van der Waals surface area contributed by atoms with Crippen molar-refractivity contribution in [2.75, 3.05) is 17.6 Å². The van der Waals surface area contributed by atoms with E-state index in [2.05, 4.69) is 29.7 Å². The summed E-state index contributed by atoms with van der Waals surface area (Å²) in [7, 11) is 0. The second kappa shape index (κ2) is 12.2. The molecule has 0 aromatic heterocycles. The highest BCUT2D eigenvalue weighted by Gasteiger charge is 2.38. The van der Waals surface area contributed by atoms with Gasteiger partial charge in [0.25, 0.3) is 0 Å². The molecule has 0 spiro atoms. The molecule has 0 bridgehead atoms. The molecule has 4 atom stereocenters. The zero-order valence-electron chi connectivity index (χ0n) is 20.0. The van der Waals surface area contributed by atoms with Gasteiger partial charge in [-0.1, -0.05) is 61.5 Å². The number of aliphatic hydroxyl groups excluding tert-OH is 1. The average molecular weight is 493 g/mol. The fourth-order valence-electron chi connectivity index (χ4n) is 4.10. The molecular weight excluding hydrogens is 460 g/mol. The number of ether oxygens (including phenoxy) is 2. The van der Waals surface area contributed by atoms with E-state index < -0.39 is 6.29 Å². The van der Waals surface area contributed by atoms with E-state index in [-0.39, 0.29) is 30.8 Å². The molecule has 6 nitrogen and oxygen atoms in total. The summed E-state index contributed by atoms with van der Waals surface area (Å²) >= 11 is 1.77. The Morgan fingerprint density at radius 1 is 0.971 bits per heavy atom. The monoisotopic (exact) mass is 492 g/mol. The topological polar surface area (TPSA) is 79.8 Å². The first kappa shape index (κ1) is 25.3. The van der Waals surface area contributed by atoms with E-state index in [4.69, 9.17) is 9.47 Å². The number of aliphatic hydroxyl groups is 1. The van der Waals surface area contributed by atoms with E-state index in [1.54, 1.807) is 11.8 Å². The lowest BCUT2D eigenvalue weighted by atomic mass is 9.91. The quantitative estimate of drug-likeness (QED) is 0.341. The Balaban J connectivity index is 1.57. The molecule has 1 aliphatic heterocycles. The second-order valence-corrected chi connectivity index (χ2v) is 9.65. The van der Waals surface area contributed by atoms with Crippen molar-refractivity contribution in [3.8, 4) is 0 Å². The summed E-state index contributed by atoms with van der Waals surface area (Å²) in [6, 6.07) is 25.5. The Labute approximate surface area is 211 Å². The molecule has 0 unspecified atom stereocenters. The van der Waals surface area contributed by atoms with Crippen molar-refractivity contribution < 1.29 is 19.4 Å². The molecule has 3 N–H and O–H groups in total. The average Bonchev–Trinajstić information content (AvgIpc) is 2.89. The number of benzene rings is 3. The first-order chi connectivity index (χ1) is 17.1. The number of carbonyl (C=O) groups excluding carboxylic acids is 1. The zero-order chi connectivity index (χ0) is 24.6. The first-order valence-electron chi connectivity index (χ1n) is 11.9. The van der Waals surface area contributed by atoms with Crippen LogP contribution < -0.4 is 10.6 Å². The van der Waals surface area contributed by atoms with Crippen LogP contribution in [-0.4, -0.2) is 29.5 Å². The van der Waals surface area contributed by atoms with Gasteiger partial charge in [-0.3, -0.25) is 0 Å². The van der Waals surface area contributed by atoms with E-state index in [9.17, 15) is 9.90 Å². The third-order valence-corrected chi connectivity index (χ3v) is 7.14. The Bertz CT molecular complexity index is 1090. The van der Waals surface area contributed by atoms with Crippen LogP contribution in [0.2, 0.25) is 0 Å². The van der Waals surface area contributed by atoms with Crippen molar-refractivity contribution >= 4 is 23.5 Å². The lowest BCUT2D eigenvalue weighted by Gasteiger charge is -2.41. The Morgan fingerprint density at radius 2 is 1.74 bits per heavy atom. The van der Waals surface area contributed by atoms with Gasteiger partial charge in [-0.15, -0.1) is 11.8 Å². The summed E-state index contributed by atoms with van der Waals surface area (Å²) in [6.07, 6.45) is -0.810. The van der Waals surface area contributed by atoms with Gasteiger partial charge in [0.1, 0.15) is 0 Å². The molecule has 2 amide bonds. The smallest absolute Gasteiger partial charge is 0.319 e. The van der Waals surface area contributed by atoms with Gasteiger partial charge < -0.3 is 25.2 Å². The largest absolute Gasteiger partial charge is 0.392 e. The summed E-state index contributed by atoms with van der Waals surface area (Å²) < 4.78 is 13.0. The Hall–Kier alpha value is -2.84. The Morgan fingerprint density at radius 3 is 2.46 bits per heavy atom. The van der Waals surface area contributed by atoms with Gasteiger partial charge in [0.15, 0.2) is 6.29 Å². The number of anilines is 1. The molecule has 0 saturated carbocycles. The maximum atomic E-state index is 12.0. The molecule has 0 aliphatic carbocycles. The molecule has 1 aliphatic rings. The van der Waals surface area contributed by atoms with Crippen LogP contribution in [0.15, 0.2) is 83.8 Å². The van der Waals surface area contributed by atoms with Gasteiger partial charge in [-0.25, -0.2) is 4.79 Å². The van der Waals surface area contributed by atoms with E-state index >= 15 is 0 Å². The maximum Gasteiger partial charge on any atom is 0.319 e. The van der Waals surface area contributed by atoms with Crippen molar-refractivity contribution in [3.05, 3.63) is 95.6 Å². The van der Waals surface area contributed by atoms with Gasteiger partial charge in [0.2, 0.25) is 0 Å². The van der Waals surface area contributed by atoms with E-state index in [0.717, 1.165) is 22.4 Å². The van der Waals surface area contributed by atoms with E-state index in [1.165, 1.54) is 4.90 Å². The van der Waals surface area contributed by atoms with E-state index in [0.29, 0.717) is 12.2 Å². The van der Waals surface area contributed by atoms with Gasteiger partial charge in [-0.05, 0) is 42.3 Å². The molecule has 3 aromatic rings. The number of carbonyl (C=O) groups is 1. The third kappa shape index (κ3) is 6.64. The summed E-state index contributed by atoms with van der Waals surface area (Å²) in [4.78, 5) is 13.2. The molecule has 3 aromatic carbocycles.